The number of anilines is 1. The van der Waals surface area contributed by atoms with Gasteiger partial charge in [-0.2, -0.15) is 0 Å². The summed E-state index contributed by atoms with van der Waals surface area (Å²) in [6.07, 6.45) is 0. The van der Waals surface area contributed by atoms with Crippen molar-refractivity contribution in [2.24, 2.45) is 0 Å². The number of thiazole rings is 1. The summed E-state index contributed by atoms with van der Waals surface area (Å²) in [4.78, 5) is 4.70. The van der Waals surface area contributed by atoms with Crippen molar-refractivity contribution < 1.29 is 4.74 Å². The van der Waals surface area contributed by atoms with E-state index in [1.807, 2.05) is 42.5 Å². The van der Waals surface area contributed by atoms with Crippen LogP contribution in [0, 0.1) is 13.8 Å². The number of nitrogen functional groups attached to an aromatic ring is 1. The molecule has 1 heterocycles. The highest BCUT2D eigenvalue weighted by atomic mass is 32.1. The lowest BCUT2D eigenvalue weighted by molar-refractivity contribution is 0.485. The SMILES string of the molecule is Cc1cc(C)cc(Oc2cc3sc(-c4ccccc4)nc3cc2N)c1. The molecule has 0 aliphatic carbocycles. The van der Waals surface area contributed by atoms with Crippen LogP contribution in [0.1, 0.15) is 11.1 Å². The van der Waals surface area contributed by atoms with Crippen molar-refractivity contribution in [3.8, 4) is 22.1 Å². The molecule has 4 heteroatoms. The van der Waals surface area contributed by atoms with E-state index in [9.17, 15) is 0 Å². The van der Waals surface area contributed by atoms with E-state index in [1.165, 1.54) is 11.1 Å². The van der Waals surface area contributed by atoms with Crippen molar-refractivity contribution in [3.63, 3.8) is 0 Å². The number of ether oxygens (including phenoxy) is 1. The van der Waals surface area contributed by atoms with E-state index in [-0.39, 0.29) is 0 Å². The molecule has 3 aromatic carbocycles. The molecule has 0 bridgehead atoms. The number of nitrogens with two attached hydrogens (primary N) is 1. The molecule has 124 valence electrons. The summed E-state index contributed by atoms with van der Waals surface area (Å²) >= 11 is 1.64. The van der Waals surface area contributed by atoms with Gasteiger partial charge in [0.05, 0.1) is 15.9 Å². The summed E-state index contributed by atoms with van der Waals surface area (Å²) in [5.41, 5.74) is 11.1. The van der Waals surface area contributed by atoms with Crippen LogP contribution >= 0.6 is 11.3 Å². The van der Waals surface area contributed by atoms with Crippen molar-refractivity contribution in [2.45, 2.75) is 13.8 Å². The largest absolute Gasteiger partial charge is 0.455 e. The first-order chi connectivity index (χ1) is 12.1. The summed E-state index contributed by atoms with van der Waals surface area (Å²) in [5, 5.41) is 0.985. The quantitative estimate of drug-likeness (QED) is 0.466. The summed E-state index contributed by atoms with van der Waals surface area (Å²) in [7, 11) is 0. The monoisotopic (exact) mass is 346 g/mol. The molecule has 0 saturated carbocycles. The average Bonchev–Trinajstić information content (AvgIpc) is 2.98. The van der Waals surface area contributed by atoms with Crippen molar-refractivity contribution in [3.05, 3.63) is 71.8 Å². The molecule has 0 unspecified atom stereocenters. The number of aryl methyl sites for hydroxylation is 2. The lowest BCUT2D eigenvalue weighted by Crippen LogP contribution is -1.93. The van der Waals surface area contributed by atoms with Gasteiger partial charge >= 0.3 is 0 Å². The molecule has 0 spiro atoms. The van der Waals surface area contributed by atoms with E-state index in [2.05, 4.69) is 32.0 Å². The van der Waals surface area contributed by atoms with E-state index >= 15 is 0 Å². The smallest absolute Gasteiger partial charge is 0.151 e. The zero-order valence-corrected chi connectivity index (χ0v) is 14.9. The summed E-state index contributed by atoms with van der Waals surface area (Å²) in [6, 6.07) is 20.2. The predicted octanol–water partition coefficient (Wildman–Crippen LogP) is 5.95. The fourth-order valence-corrected chi connectivity index (χ4v) is 3.86. The molecule has 0 fully saturated rings. The number of hydrogen-bond acceptors (Lipinski definition) is 4. The van der Waals surface area contributed by atoms with E-state index in [0.717, 1.165) is 26.5 Å². The number of fused-ring (bicyclic) bond motifs is 1. The van der Waals surface area contributed by atoms with Crippen LogP contribution in [0.2, 0.25) is 0 Å². The van der Waals surface area contributed by atoms with Crippen molar-refractivity contribution in [2.75, 3.05) is 5.73 Å². The van der Waals surface area contributed by atoms with E-state index in [4.69, 9.17) is 15.5 Å². The fraction of sp³-hybridized carbons (Fsp3) is 0.0952. The van der Waals surface area contributed by atoms with Gasteiger partial charge in [-0.25, -0.2) is 4.98 Å². The molecule has 0 amide bonds. The highest BCUT2D eigenvalue weighted by Gasteiger charge is 2.11. The molecule has 4 rings (SSSR count). The summed E-state index contributed by atoms with van der Waals surface area (Å²) in [6.45, 7) is 4.11. The predicted molar refractivity (Wildman–Crippen MR) is 105 cm³/mol. The third kappa shape index (κ3) is 3.21. The molecule has 0 atom stereocenters. The highest BCUT2D eigenvalue weighted by molar-refractivity contribution is 7.21. The van der Waals surface area contributed by atoms with Gasteiger partial charge in [-0.1, -0.05) is 36.4 Å². The van der Waals surface area contributed by atoms with Gasteiger partial charge in [0.1, 0.15) is 10.8 Å². The van der Waals surface area contributed by atoms with Crippen LogP contribution in [0.15, 0.2) is 60.7 Å². The van der Waals surface area contributed by atoms with Crippen molar-refractivity contribution >= 4 is 27.2 Å². The highest BCUT2D eigenvalue weighted by Crippen LogP contribution is 2.37. The molecule has 0 aliphatic heterocycles. The number of hydrogen-bond donors (Lipinski definition) is 1. The molecule has 1 aromatic heterocycles. The van der Waals surface area contributed by atoms with E-state index in [0.29, 0.717) is 11.4 Å². The van der Waals surface area contributed by atoms with Gasteiger partial charge in [0.25, 0.3) is 0 Å². The van der Waals surface area contributed by atoms with Crippen LogP contribution < -0.4 is 10.5 Å². The molecular weight excluding hydrogens is 328 g/mol. The van der Waals surface area contributed by atoms with Gasteiger partial charge in [0.2, 0.25) is 0 Å². The second-order valence-electron chi connectivity index (χ2n) is 6.17. The van der Waals surface area contributed by atoms with E-state index in [1.54, 1.807) is 11.3 Å². The first kappa shape index (κ1) is 15.7. The zero-order valence-electron chi connectivity index (χ0n) is 14.1. The van der Waals surface area contributed by atoms with Gasteiger partial charge < -0.3 is 10.5 Å². The Labute approximate surface area is 150 Å². The van der Waals surface area contributed by atoms with Gasteiger partial charge in [0, 0.05) is 11.6 Å². The van der Waals surface area contributed by atoms with Crippen LogP contribution in [-0.2, 0) is 0 Å². The van der Waals surface area contributed by atoms with Crippen LogP contribution in [-0.4, -0.2) is 4.98 Å². The van der Waals surface area contributed by atoms with Gasteiger partial charge in [-0.3, -0.25) is 0 Å². The van der Waals surface area contributed by atoms with Crippen LogP contribution in [0.4, 0.5) is 5.69 Å². The van der Waals surface area contributed by atoms with Gasteiger partial charge in [0.15, 0.2) is 5.75 Å². The maximum atomic E-state index is 6.20. The minimum absolute atomic E-state index is 0.594. The molecular formula is C21H18N2OS. The Morgan fingerprint density at radius 3 is 2.36 bits per heavy atom. The second-order valence-corrected chi connectivity index (χ2v) is 7.20. The topological polar surface area (TPSA) is 48.1 Å². The zero-order chi connectivity index (χ0) is 17.4. The van der Waals surface area contributed by atoms with Crippen LogP contribution in [0.3, 0.4) is 0 Å². The minimum atomic E-state index is 0.594. The molecule has 0 aliphatic rings. The minimum Gasteiger partial charge on any atom is -0.455 e. The maximum absolute atomic E-state index is 6.20. The molecule has 4 aromatic rings. The number of nitrogens with zero attached hydrogens (tertiary/aromatic N) is 1. The van der Waals surface area contributed by atoms with Crippen LogP contribution in [0.5, 0.6) is 11.5 Å². The Balaban J connectivity index is 1.74. The third-order valence-corrected chi connectivity index (χ3v) is 5.03. The number of aromatic nitrogens is 1. The van der Waals surface area contributed by atoms with E-state index < -0.39 is 0 Å². The van der Waals surface area contributed by atoms with Crippen molar-refractivity contribution in [1.29, 1.82) is 0 Å². The Morgan fingerprint density at radius 1 is 0.920 bits per heavy atom. The molecule has 3 nitrogen and oxygen atoms in total. The van der Waals surface area contributed by atoms with Gasteiger partial charge in [-0.15, -0.1) is 11.3 Å². The summed E-state index contributed by atoms with van der Waals surface area (Å²) < 4.78 is 7.11. The first-order valence-electron chi connectivity index (χ1n) is 8.10. The normalized spacial score (nSPS) is 11.0. The standard InChI is InChI=1S/C21H18N2OS/c1-13-8-14(2)10-16(9-13)24-19-12-20-18(11-17(19)22)23-21(25-20)15-6-4-3-5-7-15/h3-12H,22H2,1-2H3. The number of benzene rings is 3. The Morgan fingerprint density at radius 2 is 1.64 bits per heavy atom. The Kier molecular flexibility index (Phi) is 3.90. The summed E-state index contributed by atoms with van der Waals surface area (Å²) in [5.74, 6) is 1.47. The third-order valence-electron chi connectivity index (χ3n) is 3.96. The lowest BCUT2D eigenvalue weighted by atomic mass is 10.1. The van der Waals surface area contributed by atoms with Gasteiger partial charge in [-0.05, 0) is 43.2 Å². The Bertz CT molecular complexity index is 1030. The van der Waals surface area contributed by atoms with Crippen molar-refractivity contribution in [1.82, 2.24) is 4.98 Å². The molecule has 25 heavy (non-hydrogen) atoms. The average molecular weight is 346 g/mol. The lowest BCUT2D eigenvalue weighted by Gasteiger charge is -2.10. The number of rotatable bonds is 3. The fourth-order valence-electron chi connectivity index (χ4n) is 2.88. The maximum Gasteiger partial charge on any atom is 0.151 e. The molecule has 2 N–H and O–H groups in total. The second kappa shape index (κ2) is 6.22. The Hall–Kier alpha value is -2.85. The van der Waals surface area contributed by atoms with Crippen LogP contribution in [0.25, 0.3) is 20.8 Å². The molecule has 0 radical (unpaired) electrons. The molecule has 0 saturated heterocycles. The first-order valence-corrected chi connectivity index (χ1v) is 8.92.